The Morgan fingerprint density at radius 3 is 2.65 bits per heavy atom. The van der Waals surface area contributed by atoms with Crippen LogP contribution in [0.15, 0.2) is 52.0 Å². The Kier molecular flexibility index (Phi) is 3.91. The summed E-state index contributed by atoms with van der Waals surface area (Å²) in [5.74, 6) is 0.501. The lowest BCUT2D eigenvalue weighted by Gasteiger charge is -2.19. The largest absolute Gasteiger partial charge is 0.360 e. The molecule has 1 aromatic carbocycles. The van der Waals surface area contributed by atoms with Crippen molar-refractivity contribution >= 4 is 27.2 Å². The van der Waals surface area contributed by atoms with E-state index >= 15 is 0 Å². The van der Waals surface area contributed by atoms with E-state index in [2.05, 4.69) is 31.9 Å². The standard InChI is InChI=1S/C18H18N4O3S/c1-12-18(13(2)25-20-12)26(23,24)21-17-8-7-15(11-19-17)22-10-9-14-5-3-4-6-16(14)22/h3-8,11H,9-10H2,1-2H3,(H,19,21). The van der Waals surface area contributed by atoms with E-state index in [0.717, 1.165) is 18.7 Å². The second-order valence-corrected chi connectivity index (χ2v) is 7.81. The van der Waals surface area contributed by atoms with E-state index in [4.69, 9.17) is 4.52 Å². The van der Waals surface area contributed by atoms with Gasteiger partial charge in [-0.2, -0.15) is 0 Å². The van der Waals surface area contributed by atoms with Crippen LogP contribution in [0.3, 0.4) is 0 Å². The summed E-state index contributed by atoms with van der Waals surface area (Å²) in [6, 6.07) is 11.8. The second kappa shape index (κ2) is 6.14. The van der Waals surface area contributed by atoms with Gasteiger partial charge < -0.3 is 9.42 Å². The van der Waals surface area contributed by atoms with Gasteiger partial charge in [-0.25, -0.2) is 13.4 Å². The lowest BCUT2D eigenvalue weighted by atomic mass is 10.2. The van der Waals surface area contributed by atoms with Crippen molar-refractivity contribution in [3.63, 3.8) is 0 Å². The smallest absolute Gasteiger partial charge is 0.268 e. The third kappa shape index (κ3) is 2.82. The zero-order chi connectivity index (χ0) is 18.3. The molecular formula is C18H18N4O3S. The Hall–Kier alpha value is -2.87. The molecule has 0 spiro atoms. The molecule has 0 radical (unpaired) electrons. The highest BCUT2D eigenvalue weighted by molar-refractivity contribution is 7.92. The van der Waals surface area contributed by atoms with Crippen LogP contribution in [0.4, 0.5) is 17.2 Å². The number of pyridine rings is 1. The van der Waals surface area contributed by atoms with Crippen molar-refractivity contribution in [3.05, 3.63) is 59.6 Å². The maximum atomic E-state index is 12.5. The molecule has 0 unspecified atom stereocenters. The van der Waals surface area contributed by atoms with Crippen molar-refractivity contribution in [1.82, 2.24) is 10.1 Å². The number of nitrogens with zero attached hydrogens (tertiary/aromatic N) is 3. The molecule has 0 fully saturated rings. The highest BCUT2D eigenvalue weighted by Gasteiger charge is 2.25. The number of hydrogen-bond donors (Lipinski definition) is 1. The molecule has 134 valence electrons. The SMILES string of the molecule is Cc1noc(C)c1S(=O)(=O)Nc1ccc(N2CCc3ccccc32)cn1. The van der Waals surface area contributed by atoms with Gasteiger partial charge in [-0.3, -0.25) is 4.72 Å². The highest BCUT2D eigenvalue weighted by Crippen LogP contribution is 2.34. The molecular weight excluding hydrogens is 352 g/mol. The molecule has 0 amide bonds. The number of para-hydroxylation sites is 1. The first-order chi connectivity index (χ1) is 12.5. The van der Waals surface area contributed by atoms with Crippen LogP contribution in [0.2, 0.25) is 0 Å². The summed E-state index contributed by atoms with van der Waals surface area (Å²) in [6.07, 6.45) is 2.66. The molecule has 3 aromatic rings. The number of benzene rings is 1. The van der Waals surface area contributed by atoms with Crippen LogP contribution < -0.4 is 9.62 Å². The lowest BCUT2D eigenvalue weighted by molar-refractivity contribution is 0.390. The average molecular weight is 370 g/mol. The van der Waals surface area contributed by atoms with Crippen LogP contribution in [0.5, 0.6) is 0 Å². The van der Waals surface area contributed by atoms with Crippen molar-refractivity contribution in [1.29, 1.82) is 0 Å². The fourth-order valence-electron chi connectivity index (χ4n) is 3.26. The molecule has 0 aliphatic carbocycles. The molecule has 7 nitrogen and oxygen atoms in total. The topological polar surface area (TPSA) is 88.3 Å². The van der Waals surface area contributed by atoms with Crippen LogP contribution in [0.1, 0.15) is 17.0 Å². The number of aromatic nitrogens is 2. The highest BCUT2D eigenvalue weighted by atomic mass is 32.2. The van der Waals surface area contributed by atoms with Crippen molar-refractivity contribution in [3.8, 4) is 0 Å². The summed E-state index contributed by atoms with van der Waals surface area (Å²) < 4.78 is 32.5. The van der Waals surface area contributed by atoms with E-state index < -0.39 is 10.0 Å². The maximum absolute atomic E-state index is 12.5. The number of fused-ring (bicyclic) bond motifs is 1. The summed E-state index contributed by atoms with van der Waals surface area (Å²) in [6.45, 7) is 4.04. The Balaban J connectivity index is 1.58. The van der Waals surface area contributed by atoms with Gasteiger partial charge in [0.25, 0.3) is 10.0 Å². The Morgan fingerprint density at radius 2 is 1.96 bits per heavy atom. The van der Waals surface area contributed by atoms with Gasteiger partial charge in [0.1, 0.15) is 11.5 Å². The van der Waals surface area contributed by atoms with Gasteiger partial charge in [-0.15, -0.1) is 0 Å². The van der Waals surface area contributed by atoms with Gasteiger partial charge >= 0.3 is 0 Å². The van der Waals surface area contributed by atoms with Crippen LogP contribution >= 0.6 is 0 Å². The number of anilines is 3. The molecule has 0 saturated carbocycles. The molecule has 1 N–H and O–H groups in total. The van der Waals surface area contributed by atoms with Crippen LogP contribution in [0.25, 0.3) is 0 Å². The van der Waals surface area contributed by atoms with Crippen LogP contribution in [-0.2, 0) is 16.4 Å². The molecule has 1 aliphatic heterocycles. The van der Waals surface area contributed by atoms with E-state index in [1.807, 2.05) is 18.2 Å². The van der Waals surface area contributed by atoms with E-state index in [1.165, 1.54) is 11.3 Å². The quantitative estimate of drug-likeness (QED) is 0.759. The number of sulfonamides is 1. The Labute approximate surface area is 151 Å². The van der Waals surface area contributed by atoms with Gasteiger partial charge in [-0.1, -0.05) is 23.4 Å². The van der Waals surface area contributed by atoms with Gasteiger partial charge in [0.2, 0.25) is 0 Å². The van der Waals surface area contributed by atoms with Crippen LogP contribution in [-0.4, -0.2) is 25.1 Å². The van der Waals surface area contributed by atoms with E-state index in [9.17, 15) is 8.42 Å². The minimum Gasteiger partial charge on any atom is -0.360 e. The normalized spacial score (nSPS) is 13.7. The molecule has 3 heterocycles. The number of nitrogens with one attached hydrogen (secondary N) is 1. The van der Waals surface area contributed by atoms with Gasteiger partial charge in [-0.05, 0) is 44.0 Å². The molecule has 8 heteroatoms. The fourth-order valence-corrected chi connectivity index (χ4v) is 4.60. The minimum absolute atomic E-state index is 0.0526. The zero-order valence-corrected chi connectivity index (χ0v) is 15.2. The fraction of sp³-hybridized carbons (Fsp3) is 0.222. The Morgan fingerprint density at radius 1 is 1.15 bits per heavy atom. The Bertz CT molecular complexity index is 1040. The van der Waals surface area contributed by atoms with Crippen molar-refractivity contribution < 1.29 is 12.9 Å². The van der Waals surface area contributed by atoms with Crippen molar-refractivity contribution in [2.75, 3.05) is 16.2 Å². The van der Waals surface area contributed by atoms with Gasteiger partial charge in [0.05, 0.1) is 11.9 Å². The first-order valence-corrected chi connectivity index (χ1v) is 9.71. The maximum Gasteiger partial charge on any atom is 0.268 e. The van der Waals surface area contributed by atoms with Crippen molar-refractivity contribution in [2.45, 2.75) is 25.2 Å². The molecule has 1 aliphatic rings. The molecule has 26 heavy (non-hydrogen) atoms. The molecule has 0 bridgehead atoms. The summed E-state index contributed by atoms with van der Waals surface area (Å²) in [5.41, 5.74) is 3.71. The first-order valence-electron chi connectivity index (χ1n) is 8.23. The monoisotopic (exact) mass is 370 g/mol. The average Bonchev–Trinajstić information content (AvgIpc) is 3.19. The number of hydrogen-bond acceptors (Lipinski definition) is 6. The summed E-state index contributed by atoms with van der Waals surface area (Å²) in [7, 11) is -3.79. The third-order valence-electron chi connectivity index (χ3n) is 4.42. The molecule has 0 atom stereocenters. The molecule has 0 saturated heterocycles. The third-order valence-corrected chi connectivity index (χ3v) is 6.02. The molecule has 2 aromatic heterocycles. The summed E-state index contributed by atoms with van der Waals surface area (Å²) >= 11 is 0. The molecule has 4 rings (SSSR count). The van der Waals surface area contributed by atoms with E-state index in [0.29, 0.717) is 5.69 Å². The van der Waals surface area contributed by atoms with Gasteiger partial charge in [0.15, 0.2) is 10.7 Å². The van der Waals surface area contributed by atoms with E-state index in [-0.39, 0.29) is 16.5 Å². The number of aryl methyl sites for hydroxylation is 2. The second-order valence-electron chi connectivity index (χ2n) is 6.19. The summed E-state index contributed by atoms with van der Waals surface area (Å²) in [5, 5.41) is 3.69. The van der Waals surface area contributed by atoms with Crippen molar-refractivity contribution in [2.24, 2.45) is 0 Å². The van der Waals surface area contributed by atoms with Crippen LogP contribution in [0, 0.1) is 13.8 Å². The van der Waals surface area contributed by atoms with Gasteiger partial charge in [0, 0.05) is 12.2 Å². The lowest BCUT2D eigenvalue weighted by Crippen LogP contribution is -2.16. The zero-order valence-electron chi connectivity index (χ0n) is 14.4. The minimum atomic E-state index is -3.79. The van der Waals surface area contributed by atoms with E-state index in [1.54, 1.807) is 26.1 Å². The predicted octanol–water partition coefficient (Wildman–Crippen LogP) is 3.18. The number of rotatable bonds is 4. The summed E-state index contributed by atoms with van der Waals surface area (Å²) in [4.78, 5) is 6.50. The first kappa shape index (κ1) is 16.6. The predicted molar refractivity (Wildman–Crippen MR) is 98.2 cm³/mol.